The van der Waals surface area contributed by atoms with Crippen molar-refractivity contribution in [1.82, 2.24) is 20.5 Å². The van der Waals surface area contributed by atoms with E-state index in [0.29, 0.717) is 11.4 Å². The Morgan fingerprint density at radius 3 is 2.66 bits per heavy atom. The Balaban J connectivity index is 1.54. The van der Waals surface area contributed by atoms with Crippen LogP contribution in [0.2, 0.25) is 0 Å². The number of nitrogens with one attached hydrogen (secondary N) is 3. The zero-order valence-corrected chi connectivity index (χ0v) is 17.5. The van der Waals surface area contributed by atoms with Crippen LogP contribution in [0.4, 0.5) is 11.4 Å². The smallest absolute Gasteiger partial charge is 0.283 e. The van der Waals surface area contributed by atoms with Gasteiger partial charge in [-0.15, -0.1) is 0 Å². The Morgan fingerprint density at radius 1 is 1.06 bits per heavy atom. The molecule has 0 atom stereocenters. The number of hydrogen-bond acceptors (Lipinski definition) is 6. The fourth-order valence-corrected chi connectivity index (χ4v) is 3.40. The maximum Gasteiger partial charge on any atom is 0.283 e. The van der Waals surface area contributed by atoms with E-state index in [9.17, 15) is 13.2 Å². The van der Waals surface area contributed by atoms with E-state index in [1.807, 2.05) is 48.6 Å². The lowest BCUT2D eigenvalue weighted by molar-refractivity contribution is 0.0959. The minimum Gasteiger partial charge on any atom is -0.355 e. The van der Waals surface area contributed by atoms with Crippen molar-refractivity contribution in [2.75, 3.05) is 11.2 Å². The Hall–Kier alpha value is -4.02. The molecule has 0 unspecified atom stereocenters. The van der Waals surface area contributed by atoms with Gasteiger partial charge < -0.3 is 10.6 Å². The number of aromatic nitrogens is 3. The largest absolute Gasteiger partial charge is 0.355 e. The maximum atomic E-state index is 12.4. The maximum absolute atomic E-state index is 12.4. The number of fused-ring (bicyclic) bond motifs is 1. The van der Waals surface area contributed by atoms with Crippen LogP contribution in [-0.2, 0) is 10.1 Å². The molecule has 0 spiro atoms. The Labute approximate surface area is 184 Å². The number of H-pyrrole nitrogens is 1. The SMILES string of the molecule is O=C(NCS(=O)(=O)O)c1ccccc1Nc1ccc2c(/C=C/c3ccccn3)n[nH]c2c1. The number of rotatable bonds is 7. The first kappa shape index (κ1) is 21.2. The molecule has 9 nitrogen and oxygen atoms in total. The average Bonchev–Trinajstić information content (AvgIpc) is 3.19. The molecular formula is C22H19N5O4S. The highest BCUT2D eigenvalue weighted by atomic mass is 32.2. The Morgan fingerprint density at radius 2 is 1.88 bits per heavy atom. The highest BCUT2D eigenvalue weighted by Crippen LogP contribution is 2.26. The first-order valence-corrected chi connectivity index (χ1v) is 11.2. The van der Waals surface area contributed by atoms with Crippen LogP contribution >= 0.6 is 0 Å². The summed E-state index contributed by atoms with van der Waals surface area (Å²) in [4.78, 5) is 16.6. The second kappa shape index (κ2) is 9.00. The minimum atomic E-state index is -4.32. The average molecular weight is 449 g/mol. The van der Waals surface area contributed by atoms with Gasteiger partial charge in [-0.05, 0) is 54.6 Å². The zero-order valence-electron chi connectivity index (χ0n) is 16.7. The quantitative estimate of drug-likeness (QED) is 0.317. The molecule has 0 bridgehead atoms. The molecule has 0 aliphatic carbocycles. The van der Waals surface area contributed by atoms with E-state index in [1.165, 1.54) is 0 Å². The van der Waals surface area contributed by atoms with Crippen molar-refractivity contribution in [1.29, 1.82) is 0 Å². The summed E-state index contributed by atoms with van der Waals surface area (Å²) in [5.41, 5.74) is 3.81. The molecule has 0 saturated carbocycles. The highest BCUT2D eigenvalue weighted by Gasteiger charge is 2.14. The van der Waals surface area contributed by atoms with Crippen LogP contribution in [0, 0.1) is 0 Å². The highest BCUT2D eigenvalue weighted by molar-refractivity contribution is 7.85. The number of pyridine rings is 1. The van der Waals surface area contributed by atoms with Crippen LogP contribution in [0.25, 0.3) is 23.1 Å². The van der Waals surface area contributed by atoms with E-state index in [1.54, 1.807) is 30.5 Å². The van der Waals surface area contributed by atoms with Gasteiger partial charge >= 0.3 is 0 Å². The van der Waals surface area contributed by atoms with E-state index < -0.39 is 21.9 Å². The number of nitrogens with zero attached hydrogens (tertiary/aromatic N) is 2. The summed E-state index contributed by atoms with van der Waals surface area (Å²) in [6.07, 6.45) is 5.48. The van der Waals surface area contributed by atoms with Crippen LogP contribution in [0.1, 0.15) is 21.7 Å². The fourth-order valence-electron chi connectivity index (χ4n) is 3.08. The molecule has 4 N–H and O–H groups in total. The second-order valence-electron chi connectivity index (χ2n) is 6.86. The van der Waals surface area contributed by atoms with Crippen LogP contribution in [0.5, 0.6) is 0 Å². The van der Waals surface area contributed by atoms with Gasteiger partial charge in [0, 0.05) is 17.3 Å². The lowest BCUT2D eigenvalue weighted by atomic mass is 10.1. The lowest BCUT2D eigenvalue weighted by Gasteiger charge is -2.12. The molecule has 4 aromatic rings. The molecule has 0 fully saturated rings. The number of benzene rings is 2. The van der Waals surface area contributed by atoms with Gasteiger partial charge in [-0.3, -0.25) is 19.4 Å². The van der Waals surface area contributed by atoms with Crippen molar-refractivity contribution in [2.45, 2.75) is 0 Å². The number of amides is 1. The van der Waals surface area contributed by atoms with Crippen molar-refractivity contribution < 1.29 is 17.8 Å². The number of carbonyl (C=O) groups is 1. The number of anilines is 2. The number of carbonyl (C=O) groups excluding carboxylic acids is 1. The summed E-state index contributed by atoms with van der Waals surface area (Å²) in [7, 11) is -4.32. The van der Waals surface area contributed by atoms with Crippen LogP contribution in [0.15, 0.2) is 66.9 Å². The molecule has 10 heteroatoms. The predicted octanol–water partition coefficient (Wildman–Crippen LogP) is 3.45. The van der Waals surface area contributed by atoms with Gasteiger partial charge in [0.1, 0.15) is 5.88 Å². The van der Waals surface area contributed by atoms with Gasteiger partial charge in [0.05, 0.1) is 28.2 Å². The van der Waals surface area contributed by atoms with Crippen LogP contribution in [0.3, 0.4) is 0 Å². The first-order valence-electron chi connectivity index (χ1n) is 9.56. The normalized spacial score (nSPS) is 11.7. The molecule has 0 aliphatic rings. The molecule has 0 saturated heterocycles. The molecule has 4 rings (SSSR count). The van der Waals surface area contributed by atoms with E-state index in [0.717, 1.165) is 22.3 Å². The number of hydrogen-bond donors (Lipinski definition) is 4. The van der Waals surface area contributed by atoms with Gasteiger partial charge in [-0.2, -0.15) is 13.5 Å². The van der Waals surface area contributed by atoms with E-state index in [-0.39, 0.29) is 5.56 Å². The van der Waals surface area contributed by atoms with Crippen molar-refractivity contribution in [3.05, 3.63) is 83.8 Å². The van der Waals surface area contributed by atoms with E-state index >= 15 is 0 Å². The van der Waals surface area contributed by atoms with Gasteiger partial charge in [0.2, 0.25) is 0 Å². The Kier molecular flexibility index (Phi) is 5.97. The zero-order chi connectivity index (χ0) is 22.6. The summed E-state index contributed by atoms with van der Waals surface area (Å²) in [6, 6.07) is 17.9. The summed E-state index contributed by atoms with van der Waals surface area (Å²) in [5.74, 6) is -1.50. The summed E-state index contributed by atoms with van der Waals surface area (Å²) in [6.45, 7) is 0. The van der Waals surface area contributed by atoms with Gasteiger partial charge in [-0.25, -0.2) is 0 Å². The van der Waals surface area contributed by atoms with Gasteiger partial charge in [0.25, 0.3) is 16.0 Å². The molecule has 0 aliphatic heterocycles. The third kappa shape index (κ3) is 5.17. The predicted molar refractivity (Wildman–Crippen MR) is 123 cm³/mol. The summed E-state index contributed by atoms with van der Waals surface area (Å²) in [5, 5.41) is 13.6. The molecule has 1 amide bonds. The van der Waals surface area contributed by atoms with Crippen molar-refractivity contribution in [3.8, 4) is 0 Å². The Bertz CT molecular complexity index is 1400. The van der Waals surface area contributed by atoms with Crippen molar-refractivity contribution in [3.63, 3.8) is 0 Å². The molecule has 32 heavy (non-hydrogen) atoms. The molecule has 162 valence electrons. The van der Waals surface area contributed by atoms with Crippen LogP contribution in [-0.4, -0.2) is 39.9 Å². The lowest BCUT2D eigenvalue weighted by Crippen LogP contribution is -2.29. The summed E-state index contributed by atoms with van der Waals surface area (Å²) >= 11 is 0. The van der Waals surface area contributed by atoms with Gasteiger partial charge in [-0.1, -0.05) is 18.2 Å². The third-order valence-electron chi connectivity index (χ3n) is 4.56. The van der Waals surface area contributed by atoms with Crippen molar-refractivity contribution in [2.24, 2.45) is 0 Å². The summed E-state index contributed by atoms with van der Waals surface area (Å²) < 4.78 is 30.7. The van der Waals surface area contributed by atoms with Crippen molar-refractivity contribution >= 4 is 50.5 Å². The molecule has 0 radical (unpaired) electrons. The molecule has 2 heterocycles. The number of aromatic amines is 1. The molecule has 2 aromatic heterocycles. The number of para-hydroxylation sites is 1. The third-order valence-corrected chi connectivity index (χ3v) is 5.07. The molecular weight excluding hydrogens is 430 g/mol. The van der Waals surface area contributed by atoms with Crippen LogP contribution < -0.4 is 10.6 Å². The van der Waals surface area contributed by atoms with E-state index in [4.69, 9.17) is 4.55 Å². The first-order chi connectivity index (χ1) is 15.4. The van der Waals surface area contributed by atoms with E-state index in [2.05, 4.69) is 25.8 Å². The standard InChI is InChI=1S/C22H19N5O4S/c28-22(24-14-32(29,30)31)18-6-1-2-7-19(18)25-16-8-10-17-20(26-27-21(17)13-16)11-9-15-5-3-4-12-23-15/h1-13,25H,14H2,(H,24,28)(H,26,27)(H,29,30,31)/b11-9+. The fraction of sp³-hybridized carbons (Fsp3) is 0.0455. The van der Waals surface area contributed by atoms with Gasteiger partial charge in [0.15, 0.2) is 0 Å². The molecule has 2 aromatic carbocycles. The second-order valence-corrected chi connectivity index (χ2v) is 8.31. The topological polar surface area (TPSA) is 137 Å². The monoisotopic (exact) mass is 449 g/mol. The minimum absolute atomic E-state index is 0.236.